The minimum absolute atomic E-state index is 0.0423. The molecular weight excluding hydrogens is 576 g/mol. The van der Waals surface area contributed by atoms with E-state index in [2.05, 4.69) is 53.8 Å². The molecule has 1 fully saturated rings. The first-order valence-corrected chi connectivity index (χ1v) is 14.7. The fourth-order valence-corrected chi connectivity index (χ4v) is 5.54. The van der Waals surface area contributed by atoms with Gasteiger partial charge in [-0.1, -0.05) is 38.1 Å². The Hall–Kier alpha value is -5.04. The molecule has 0 saturated carbocycles. The summed E-state index contributed by atoms with van der Waals surface area (Å²) in [6.07, 6.45) is 1.59. The molecule has 0 bridgehead atoms. The molecule has 4 N–H and O–H groups in total. The molecule has 6 rings (SSSR count). The number of hydrogen-bond donors (Lipinski definition) is 4. The number of hydrogen-bond acceptors (Lipinski definition) is 10. The number of H-pyrrole nitrogens is 1. The molecule has 13 heteroatoms. The van der Waals surface area contributed by atoms with Gasteiger partial charge < -0.3 is 34.9 Å². The summed E-state index contributed by atoms with van der Waals surface area (Å²) in [6.45, 7) is 13.3. The molecule has 1 amide bonds. The summed E-state index contributed by atoms with van der Waals surface area (Å²) < 4.78 is 11.1. The van der Waals surface area contributed by atoms with Crippen LogP contribution in [-0.4, -0.2) is 75.9 Å². The van der Waals surface area contributed by atoms with Gasteiger partial charge in [-0.05, 0) is 43.2 Å². The Labute approximate surface area is 260 Å². The lowest BCUT2D eigenvalue weighted by Crippen LogP contribution is -2.43. The number of aromatic amines is 1. The van der Waals surface area contributed by atoms with Crippen LogP contribution < -0.4 is 20.3 Å². The Morgan fingerprint density at radius 1 is 1.18 bits per heavy atom. The van der Waals surface area contributed by atoms with Gasteiger partial charge in [0.05, 0.1) is 35.4 Å². The first kappa shape index (κ1) is 31.4. The molecule has 0 aliphatic carbocycles. The number of benzene rings is 2. The predicted molar refractivity (Wildman–Crippen MR) is 171 cm³/mol. The number of nitrogens with zero attached hydrogens (tertiary/aromatic N) is 5. The van der Waals surface area contributed by atoms with Crippen molar-refractivity contribution >= 4 is 40.0 Å². The molecule has 0 radical (unpaired) electrons. The summed E-state index contributed by atoms with van der Waals surface area (Å²) in [5, 5.41) is 19.2. The minimum atomic E-state index is -0.403. The fraction of sp³-hybridized carbons (Fsp3) is 0.375. The number of aryl methyl sites for hydroxylation is 1. The highest BCUT2D eigenvalue weighted by atomic mass is 16.5. The molecule has 13 nitrogen and oxygen atoms in total. The van der Waals surface area contributed by atoms with Crippen LogP contribution >= 0.6 is 0 Å². The maximum atomic E-state index is 12.8. The van der Waals surface area contributed by atoms with E-state index < -0.39 is 5.91 Å². The van der Waals surface area contributed by atoms with E-state index in [0.29, 0.717) is 5.82 Å². The number of anilines is 1. The van der Waals surface area contributed by atoms with Gasteiger partial charge in [0.2, 0.25) is 0 Å². The smallest absolute Gasteiger partial charge is 0.315 e. The van der Waals surface area contributed by atoms with E-state index in [4.69, 9.17) is 24.1 Å². The molecule has 3 aromatic heterocycles. The molecule has 1 atom stereocenters. The van der Waals surface area contributed by atoms with Gasteiger partial charge in [-0.15, -0.1) is 0 Å². The first-order valence-electron chi connectivity index (χ1n) is 14.7. The largest absolute Gasteiger partial charge is 0.495 e. The number of carbonyl (C=O) groups is 2. The Kier molecular flexibility index (Phi) is 9.00. The zero-order chi connectivity index (χ0) is 32.3. The first-order chi connectivity index (χ1) is 21.5. The molecule has 0 unspecified atom stereocenters. The van der Waals surface area contributed by atoms with Crippen LogP contribution in [0, 0.1) is 6.92 Å². The molecular formula is C32H38N8O5. The average Bonchev–Trinajstić information content (AvgIpc) is 3.67. The third kappa shape index (κ3) is 6.43. The van der Waals surface area contributed by atoms with Crippen molar-refractivity contribution in [3.8, 4) is 17.0 Å². The zero-order valence-electron chi connectivity index (χ0n) is 26.3. The number of amides is 1. The SMILES string of the molecule is COc1cc2c(cc1N1CCNCC1)[nH]c1ncnc(-c3ccc([C@@H](C)NC(=O)c4nc(C(C)(C)C)no4)c(C)c3)c12.O=CO. The highest BCUT2D eigenvalue weighted by Crippen LogP contribution is 2.39. The summed E-state index contributed by atoms with van der Waals surface area (Å²) in [4.78, 5) is 40.6. The van der Waals surface area contributed by atoms with Crippen molar-refractivity contribution in [2.24, 2.45) is 0 Å². The van der Waals surface area contributed by atoms with Crippen LogP contribution in [0.4, 0.5) is 5.69 Å². The Morgan fingerprint density at radius 3 is 2.56 bits per heavy atom. The molecule has 2 aromatic carbocycles. The Morgan fingerprint density at radius 2 is 1.91 bits per heavy atom. The van der Waals surface area contributed by atoms with Crippen LogP contribution in [0.2, 0.25) is 0 Å². The van der Waals surface area contributed by atoms with Crippen LogP contribution in [0.15, 0.2) is 41.2 Å². The average molecular weight is 615 g/mol. The number of rotatable bonds is 6. The number of aromatic nitrogens is 5. The van der Waals surface area contributed by atoms with E-state index >= 15 is 0 Å². The normalized spacial score (nSPS) is 14.1. The maximum absolute atomic E-state index is 12.8. The summed E-state index contributed by atoms with van der Waals surface area (Å²) in [5.74, 6) is 0.873. The minimum Gasteiger partial charge on any atom is -0.495 e. The van der Waals surface area contributed by atoms with E-state index in [0.717, 1.165) is 81.9 Å². The molecule has 4 heterocycles. The standard InChI is InChI=1S/C31H36N8O3.CH2O2/c1-17-13-19(7-8-20(17)18(2)35-28(40)29-37-30(38-42-29)31(3,4)5)26-25-21-14-24(41-6)23(39-11-9-32-10-12-39)15-22(21)36-27(25)34-16-33-26;2-1-3/h7-8,13-16,18,32H,9-12H2,1-6H3,(H,35,40)(H,33,34,36);1H,(H,2,3)/t18-;/m1./s1. The number of fused-ring (bicyclic) bond motifs is 3. The Bertz CT molecular complexity index is 1830. The van der Waals surface area contributed by atoms with Crippen molar-refractivity contribution < 1.29 is 24.0 Å². The lowest BCUT2D eigenvalue weighted by atomic mass is 9.96. The molecule has 45 heavy (non-hydrogen) atoms. The van der Waals surface area contributed by atoms with Gasteiger partial charge in [0, 0.05) is 42.5 Å². The summed E-state index contributed by atoms with van der Waals surface area (Å²) in [5.41, 5.74) is 6.30. The van der Waals surface area contributed by atoms with E-state index in [-0.39, 0.29) is 23.8 Å². The van der Waals surface area contributed by atoms with E-state index in [1.54, 1.807) is 13.4 Å². The molecule has 5 aromatic rings. The number of carbonyl (C=O) groups excluding carboxylic acids is 1. The second-order valence-electron chi connectivity index (χ2n) is 11.9. The summed E-state index contributed by atoms with van der Waals surface area (Å²) >= 11 is 0. The van der Waals surface area contributed by atoms with Crippen LogP contribution in [0.5, 0.6) is 5.75 Å². The van der Waals surface area contributed by atoms with Gasteiger partial charge in [0.25, 0.3) is 6.47 Å². The lowest BCUT2D eigenvalue weighted by molar-refractivity contribution is -0.122. The second-order valence-corrected chi connectivity index (χ2v) is 11.9. The van der Waals surface area contributed by atoms with Crippen molar-refractivity contribution in [3.63, 3.8) is 0 Å². The van der Waals surface area contributed by atoms with Crippen LogP contribution in [0.1, 0.15) is 61.4 Å². The third-order valence-electron chi connectivity index (χ3n) is 7.79. The summed E-state index contributed by atoms with van der Waals surface area (Å²) in [6, 6.07) is 10.1. The number of ether oxygens (including phenoxy) is 1. The monoisotopic (exact) mass is 614 g/mol. The molecule has 1 aliphatic rings. The van der Waals surface area contributed by atoms with Crippen molar-refractivity contribution in [3.05, 3.63) is 59.5 Å². The van der Waals surface area contributed by atoms with Gasteiger partial charge in [0.15, 0.2) is 5.82 Å². The van der Waals surface area contributed by atoms with Gasteiger partial charge in [0.1, 0.15) is 17.7 Å². The quantitative estimate of drug-likeness (QED) is 0.200. The van der Waals surface area contributed by atoms with Gasteiger partial charge >= 0.3 is 11.8 Å². The lowest BCUT2D eigenvalue weighted by Gasteiger charge is -2.30. The fourth-order valence-electron chi connectivity index (χ4n) is 5.54. The molecule has 1 saturated heterocycles. The summed E-state index contributed by atoms with van der Waals surface area (Å²) in [7, 11) is 1.71. The Balaban J connectivity index is 0.00000128. The zero-order valence-corrected chi connectivity index (χ0v) is 26.3. The van der Waals surface area contributed by atoms with Crippen LogP contribution in [0.3, 0.4) is 0 Å². The number of methoxy groups -OCH3 is 1. The topological polar surface area (TPSA) is 171 Å². The number of carboxylic acid groups (broad SMARTS) is 1. The molecule has 236 valence electrons. The highest BCUT2D eigenvalue weighted by molar-refractivity contribution is 6.13. The highest BCUT2D eigenvalue weighted by Gasteiger charge is 2.25. The van der Waals surface area contributed by atoms with Gasteiger partial charge in [-0.3, -0.25) is 9.59 Å². The van der Waals surface area contributed by atoms with Crippen LogP contribution in [0.25, 0.3) is 33.2 Å². The van der Waals surface area contributed by atoms with E-state index in [1.165, 1.54) is 0 Å². The van der Waals surface area contributed by atoms with Crippen molar-refractivity contribution in [1.29, 1.82) is 0 Å². The number of piperazine rings is 1. The molecule has 1 aliphatic heterocycles. The number of nitrogens with one attached hydrogen (secondary N) is 3. The second kappa shape index (κ2) is 12.9. The molecule has 0 spiro atoms. The van der Waals surface area contributed by atoms with Crippen molar-refractivity contribution in [1.82, 2.24) is 35.7 Å². The van der Waals surface area contributed by atoms with E-state index in [1.807, 2.05) is 46.8 Å². The van der Waals surface area contributed by atoms with E-state index in [9.17, 15) is 4.79 Å². The third-order valence-corrected chi connectivity index (χ3v) is 7.79. The van der Waals surface area contributed by atoms with Crippen molar-refractivity contribution in [2.75, 3.05) is 38.2 Å². The maximum Gasteiger partial charge on any atom is 0.315 e. The predicted octanol–water partition coefficient (Wildman–Crippen LogP) is 4.38. The van der Waals surface area contributed by atoms with Crippen molar-refractivity contribution in [2.45, 2.75) is 46.1 Å². The van der Waals surface area contributed by atoms with Crippen LogP contribution in [-0.2, 0) is 10.2 Å². The van der Waals surface area contributed by atoms with Gasteiger partial charge in [-0.25, -0.2) is 9.97 Å². The van der Waals surface area contributed by atoms with Gasteiger partial charge in [-0.2, -0.15) is 4.98 Å².